The molecule has 0 aliphatic rings. The minimum absolute atomic E-state index is 0.0131. The minimum Gasteiger partial charge on any atom is -0.451 e. The smallest absolute Gasteiger partial charge is 0.417 e. The number of amides is 1. The van der Waals surface area contributed by atoms with Gasteiger partial charge in [0.25, 0.3) is 5.91 Å². The molecule has 0 aliphatic heterocycles. The van der Waals surface area contributed by atoms with Gasteiger partial charge < -0.3 is 9.73 Å². The van der Waals surface area contributed by atoms with E-state index in [0.29, 0.717) is 5.69 Å². The Bertz CT molecular complexity index is 918. The van der Waals surface area contributed by atoms with Gasteiger partial charge in [-0.05, 0) is 52.9 Å². The Morgan fingerprint density at radius 2 is 1.64 bits per heavy atom. The first-order valence-electron chi connectivity index (χ1n) is 7.18. The molecule has 3 aromatic rings. The molecule has 0 unspecified atom stereocenters. The molecule has 0 bridgehead atoms. The van der Waals surface area contributed by atoms with Gasteiger partial charge in [-0.15, -0.1) is 0 Å². The first-order valence-corrected chi connectivity index (χ1v) is 8.26. The van der Waals surface area contributed by atoms with Gasteiger partial charge in [-0.1, -0.05) is 30.3 Å². The van der Waals surface area contributed by atoms with E-state index in [-0.39, 0.29) is 17.1 Å². The second-order valence-electron chi connectivity index (χ2n) is 5.14. The molecule has 25 heavy (non-hydrogen) atoms. The Balaban J connectivity index is 1.89. The van der Waals surface area contributed by atoms with Crippen LogP contribution in [0.3, 0.4) is 0 Å². The van der Waals surface area contributed by atoms with Gasteiger partial charge in [0.1, 0.15) is 5.76 Å². The number of nitrogens with one attached hydrogen (secondary N) is 1. The zero-order chi connectivity index (χ0) is 18.0. The summed E-state index contributed by atoms with van der Waals surface area (Å²) in [5.74, 6) is -0.604. The van der Waals surface area contributed by atoms with Crippen LogP contribution in [0.25, 0.3) is 11.3 Å². The van der Waals surface area contributed by atoms with Crippen LogP contribution in [0.2, 0.25) is 0 Å². The summed E-state index contributed by atoms with van der Waals surface area (Å²) in [6.07, 6.45) is -4.51. The molecule has 0 atom stereocenters. The van der Waals surface area contributed by atoms with Crippen molar-refractivity contribution in [2.24, 2.45) is 0 Å². The van der Waals surface area contributed by atoms with Crippen molar-refractivity contribution in [3.05, 3.63) is 75.6 Å². The maximum Gasteiger partial charge on any atom is 0.417 e. The molecular formula is C18H11F3INO2. The molecule has 0 radical (unpaired) electrons. The average molecular weight is 457 g/mol. The Labute approximate surface area is 155 Å². The average Bonchev–Trinajstić information content (AvgIpc) is 3.06. The lowest BCUT2D eigenvalue weighted by Gasteiger charge is -2.10. The van der Waals surface area contributed by atoms with Crippen LogP contribution >= 0.6 is 22.6 Å². The standard InChI is InChI=1S/C18H11F3INO2/c19-18(20,21)12-6-2-1-5-11(12)15-9-10-16(25-15)17(24)23-14-8-4-3-7-13(14)22/h1-10H,(H,23,24). The Kier molecular flexibility index (Phi) is 4.85. The summed E-state index contributed by atoms with van der Waals surface area (Å²) in [6.45, 7) is 0. The lowest BCUT2D eigenvalue weighted by molar-refractivity contribution is -0.137. The number of hydrogen-bond donors (Lipinski definition) is 1. The molecule has 7 heteroatoms. The van der Waals surface area contributed by atoms with Crippen LogP contribution in [0.15, 0.2) is 65.1 Å². The van der Waals surface area contributed by atoms with Gasteiger partial charge in [0, 0.05) is 9.13 Å². The highest BCUT2D eigenvalue weighted by molar-refractivity contribution is 14.1. The van der Waals surface area contributed by atoms with E-state index in [0.717, 1.165) is 9.64 Å². The molecule has 0 saturated heterocycles. The van der Waals surface area contributed by atoms with Crippen molar-refractivity contribution < 1.29 is 22.4 Å². The predicted molar refractivity (Wildman–Crippen MR) is 96.3 cm³/mol. The van der Waals surface area contributed by atoms with Gasteiger partial charge in [0.15, 0.2) is 5.76 Å². The van der Waals surface area contributed by atoms with Crippen LogP contribution in [-0.4, -0.2) is 5.91 Å². The number of alkyl halides is 3. The van der Waals surface area contributed by atoms with E-state index < -0.39 is 17.6 Å². The Hall–Kier alpha value is -2.29. The van der Waals surface area contributed by atoms with Crippen LogP contribution in [-0.2, 0) is 6.18 Å². The lowest BCUT2D eigenvalue weighted by Crippen LogP contribution is -2.11. The molecule has 1 N–H and O–H groups in total. The van der Waals surface area contributed by atoms with Crippen LogP contribution in [0.4, 0.5) is 18.9 Å². The molecule has 0 fully saturated rings. The second-order valence-corrected chi connectivity index (χ2v) is 6.30. The summed E-state index contributed by atoms with van der Waals surface area (Å²) in [6, 6.07) is 14.9. The highest BCUT2D eigenvalue weighted by Gasteiger charge is 2.34. The van der Waals surface area contributed by atoms with E-state index >= 15 is 0 Å². The zero-order valence-corrected chi connectivity index (χ0v) is 14.8. The van der Waals surface area contributed by atoms with E-state index in [1.807, 2.05) is 12.1 Å². The molecule has 3 rings (SSSR count). The molecule has 0 spiro atoms. The Morgan fingerprint density at radius 3 is 2.36 bits per heavy atom. The lowest BCUT2D eigenvalue weighted by atomic mass is 10.1. The third-order valence-corrected chi connectivity index (χ3v) is 4.39. The number of benzene rings is 2. The van der Waals surface area contributed by atoms with Crippen LogP contribution < -0.4 is 5.32 Å². The number of hydrogen-bond acceptors (Lipinski definition) is 2. The molecule has 3 nitrogen and oxygen atoms in total. The molecule has 0 saturated carbocycles. The zero-order valence-electron chi connectivity index (χ0n) is 12.6. The second kappa shape index (κ2) is 6.91. The van der Waals surface area contributed by atoms with Crippen molar-refractivity contribution in [1.82, 2.24) is 0 Å². The minimum atomic E-state index is -4.51. The fourth-order valence-electron chi connectivity index (χ4n) is 2.30. The van der Waals surface area contributed by atoms with Crippen molar-refractivity contribution in [2.75, 3.05) is 5.32 Å². The summed E-state index contributed by atoms with van der Waals surface area (Å²) in [5, 5.41) is 2.67. The van der Waals surface area contributed by atoms with E-state index in [1.54, 1.807) is 12.1 Å². The number of para-hydroxylation sites is 1. The highest BCUT2D eigenvalue weighted by Crippen LogP contribution is 2.37. The molecule has 1 amide bonds. The van der Waals surface area contributed by atoms with E-state index in [9.17, 15) is 18.0 Å². The third kappa shape index (κ3) is 3.87. The summed E-state index contributed by atoms with van der Waals surface area (Å²) >= 11 is 2.07. The number of anilines is 1. The highest BCUT2D eigenvalue weighted by atomic mass is 127. The number of rotatable bonds is 3. The van der Waals surface area contributed by atoms with Crippen molar-refractivity contribution in [1.29, 1.82) is 0 Å². The monoisotopic (exact) mass is 457 g/mol. The van der Waals surface area contributed by atoms with Gasteiger partial charge >= 0.3 is 6.18 Å². The SMILES string of the molecule is O=C(Nc1ccccc1I)c1ccc(-c2ccccc2C(F)(F)F)o1. The van der Waals surface area contributed by atoms with Gasteiger partial charge in [-0.2, -0.15) is 13.2 Å². The number of furan rings is 1. The van der Waals surface area contributed by atoms with Crippen LogP contribution in [0, 0.1) is 3.57 Å². The quantitative estimate of drug-likeness (QED) is 0.504. The molecule has 1 aromatic heterocycles. The van der Waals surface area contributed by atoms with E-state index in [2.05, 4.69) is 27.9 Å². The van der Waals surface area contributed by atoms with Crippen molar-refractivity contribution in [3.8, 4) is 11.3 Å². The van der Waals surface area contributed by atoms with Gasteiger partial charge in [-0.25, -0.2) is 0 Å². The Morgan fingerprint density at radius 1 is 0.960 bits per heavy atom. The number of carbonyl (C=O) groups is 1. The molecule has 2 aromatic carbocycles. The summed E-state index contributed by atoms with van der Waals surface area (Å²) in [5.41, 5.74) is -0.320. The molecule has 1 heterocycles. The molecule has 128 valence electrons. The van der Waals surface area contributed by atoms with Crippen molar-refractivity contribution in [3.63, 3.8) is 0 Å². The van der Waals surface area contributed by atoms with Crippen molar-refractivity contribution >= 4 is 34.2 Å². The maximum absolute atomic E-state index is 13.1. The normalized spacial score (nSPS) is 11.4. The third-order valence-electron chi connectivity index (χ3n) is 3.45. The molecule has 0 aliphatic carbocycles. The van der Waals surface area contributed by atoms with Crippen molar-refractivity contribution in [2.45, 2.75) is 6.18 Å². The van der Waals surface area contributed by atoms with E-state index in [1.165, 1.54) is 30.3 Å². The topological polar surface area (TPSA) is 42.2 Å². The van der Waals surface area contributed by atoms with Crippen LogP contribution in [0.5, 0.6) is 0 Å². The van der Waals surface area contributed by atoms with Crippen LogP contribution in [0.1, 0.15) is 16.1 Å². The van der Waals surface area contributed by atoms with E-state index in [4.69, 9.17) is 4.42 Å². The number of carbonyl (C=O) groups excluding carboxylic acids is 1. The van der Waals surface area contributed by atoms with Gasteiger partial charge in [0.2, 0.25) is 0 Å². The van der Waals surface area contributed by atoms with Gasteiger partial charge in [-0.3, -0.25) is 4.79 Å². The summed E-state index contributed by atoms with van der Waals surface area (Å²) in [4.78, 5) is 12.3. The fraction of sp³-hybridized carbons (Fsp3) is 0.0556. The molecular weight excluding hydrogens is 446 g/mol. The predicted octanol–water partition coefficient (Wildman–Crippen LogP) is 5.82. The largest absolute Gasteiger partial charge is 0.451 e. The van der Waals surface area contributed by atoms with Gasteiger partial charge in [0.05, 0.1) is 11.3 Å². The summed E-state index contributed by atoms with van der Waals surface area (Å²) in [7, 11) is 0. The number of halogens is 4. The summed E-state index contributed by atoms with van der Waals surface area (Å²) < 4.78 is 45.5. The maximum atomic E-state index is 13.1. The fourth-order valence-corrected chi connectivity index (χ4v) is 2.82. The first kappa shape index (κ1) is 17.5. The first-order chi connectivity index (χ1) is 11.9.